The van der Waals surface area contributed by atoms with Crippen molar-refractivity contribution in [1.29, 1.82) is 0 Å². The molecule has 5 nitrogen and oxygen atoms in total. The van der Waals surface area contributed by atoms with Gasteiger partial charge in [0.2, 0.25) is 5.91 Å². The Hall–Kier alpha value is -0.630. The van der Waals surface area contributed by atoms with E-state index in [-0.39, 0.29) is 12.0 Å². The van der Waals surface area contributed by atoms with Gasteiger partial charge in [0.15, 0.2) is 0 Å². The quantitative estimate of drug-likeness (QED) is 0.807. The van der Waals surface area contributed by atoms with Crippen molar-refractivity contribution in [3.8, 4) is 0 Å². The molecule has 1 fully saturated rings. The topological polar surface area (TPSA) is 56.2 Å². The van der Waals surface area contributed by atoms with Crippen LogP contribution in [0.1, 0.15) is 25.0 Å². The number of hydrogen-bond donors (Lipinski definition) is 1. The number of ether oxygens (including phenoxy) is 1. The van der Waals surface area contributed by atoms with Gasteiger partial charge in [0.1, 0.15) is 0 Å². The first-order valence-corrected chi connectivity index (χ1v) is 7.31. The molecular formula is C12H18IN3O2. The molecule has 6 heteroatoms. The van der Waals surface area contributed by atoms with Crippen molar-refractivity contribution in [2.45, 2.75) is 38.8 Å². The molecule has 18 heavy (non-hydrogen) atoms. The van der Waals surface area contributed by atoms with E-state index in [0.717, 1.165) is 28.7 Å². The number of halogens is 1. The first-order valence-electron chi connectivity index (χ1n) is 6.23. The number of aryl methyl sites for hydroxylation is 1. The molecule has 0 spiro atoms. The van der Waals surface area contributed by atoms with Crippen LogP contribution in [0.5, 0.6) is 0 Å². The van der Waals surface area contributed by atoms with E-state index >= 15 is 0 Å². The van der Waals surface area contributed by atoms with Gasteiger partial charge in [0, 0.05) is 31.8 Å². The zero-order chi connectivity index (χ0) is 13.0. The normalized spacial score (nSPS) is 19.1. The summed E-state index contributed by atoms with van der Waals surface area (Å²) in [6.45, 7) is 4.10. The third kappa shape index (κ3) is 3.68. The Morgan fingerprint density at radius 2 is 2.56 bits per heavy atom. The minimum absolute atomic E-state index is 0.0652. The Labute approximate surface area is 120 Å². The van der Waals surface area contributed by atoms with Crippen LogP contribution in [0.4, 0.5) is 0 Å². The van der Waals surface area contributed by atoms with Crippen LogP contribution in [0, 0.1) is 10.5 Å². The Balaban J connectivity index is 1.69. The highest BCUT2D eigenvalue weighted by molar-refractivity contribution is 14.1. The second kappa shape index (κ2) is 6.51. The van der Waals surface area contributed by atoms with E-state index in [1.165, 1.54) is 0 Å². The molecule has 0 bridgehead atoms. The van der Waals surface area contributed by atoms with Gasteiger partial charge in [-0.3, -0.25) is 9.48 Å². The molecule has 100 valence electrons. The maximum Gasteiger partial charge on any atom is 0.221 e. The van der Waals surface area contributed by atoms with Crippen LogP contribution < -0.4 is 5.32 Å². The van der Waals surface area contributed by atoms with Crippen molar-refractivity contribution >= 4 is 28.5 Å². The Morgan fingerprint density at radius 1 is 1.72 bits per heavy atom. The van der Waals surface area contributed by atoms with Gasteiger partial charge in [-0.2, -0.15) is 5.10 Å². The number of rotatable bonds is 5. The first-order chi connectivity index (χ1) is 8.66. The van der Waals surface area contributed by atoms with E-state index < -0.39 is 0 Å². The van der Waals surface area contributed by atoms with Crippen molar-refractivity contribution in [2.24, 2.45) is 0 Å². The van der Waals surface area contributed by atoms with Crippen LogP contribution in [-0.2, 0) is 16.1 Å². The van der Waals surface area contributed by atoms with Crippen LogP contribution in [0.15, 0.2) is 6.20 Å². The summed E-state index contributed by atoms with van der Waals surface area (Å²) in [5, 5.41) is 7.14. The zero-order valence-electron chi connectivity index (χ0n) is 10.5. The predicted octanol–water partition coefficient (Wildman–Crippen LogP) is 1.48. The molecule has 1 saturated heterocycles. The molecular weight excluding hydrogens is 345 g/mol. The van der Waals surface area contributed by atoms with Gasteiger partial charge in [0.05, 0.1) is 15.9 Å². The fraction of sp³-hybridized carbons (Fsp3) is 0.667. The highest BCUT2D eigenvalue weighted by Gasteiger charge is 2.16. The summed E-state index contributed by atoms with van der Waals surface area (Å²) in [7, 11) is 0. The molecule has 0 saturated carbocycles. The van der Waals surface area contributed by atoms with Gasteiger partial charge >= 0.3 is 0 Å². The molecule has 0 radical (unpaired) electrons. The number of nitrogens with one attached hydrogen (secondary N) is 1. The average Bonchev–Trinajstić information content (AvgIpc) is 2.97. The summed E-state index contributed by atoms with van der Waals surface area (Å²) in [6, 6.07) is 0. The van der Waals surface area contributed by atoms with E-state index in [2.05, 4.69) is 33.0 Å². The molecule has 1 aromatic heterocycles. The third-order valence-electron chi connectivity index (χ3n) is 3.14. The second-order valence-corrected chi connectivity index (χ2v) is 5.65. The van der Waals surface area contributed by atoms with E-state index in [0.29, 0.717) is 19.5 Å². The van der Waals surface area contributed by atoms with Gasteiger partial charge in [0.25, 0.3) is 0 Å². The fourth-order valence-corrected chi connectivity index (χ4v) is 2.38. The number of carbonyl (C=O) groups is 1. The van der Waals surface area contributed by atoms with Gasteiger partial charge in [-0.05, 0) is 42.4 Å². The first kappa shape index (κ1) is 13.8. The lowest BCUT2D eigenvalue weighted by Gasteiger charge is -2.11. The van der Waals surface area contributed by atoms with E-state index in [1.807, 2.05) is 17.8 Å². The predicted molar refractivity (Wildman–Crippen MR) is 76.3 cm³/mol. The Morgan fingerprint density at radius 3 is 3.17 bits per heavy atom. The second-order valence-electron chi connectivity index (χ2n) is 4.49. The molecule has 1 unspecified atom stereocenters. The number of hydrogen-bond acceptors (Lipinski definition) is 3. The molecule has 0 aliphatic carbocycles. The smallest absolute Gasteiger partial charge is 0.221 e. The zero-order valence-corrected chi connectivity index (χ0v) is 12.6. The van der Waals surface area contributed by atoms with Gasteiger partial charge in [-0.25, -0.2) is 0 Å². The molecule has 2 rings (SSSR count). The molecule has 2 heterocycles. The highest BCUT2D eigenvalue weighted by atomic mass is 127. The minimum Gasteiger partial charge on any atom is -0.376 e. The molecule has 1 N–H and O–H groups in total. The Bertz CT molecular complexity index is 413. The molecule has 0 aromatic carbocycles. The van der Waals surface area contributed by atoms with Crippen LogP contribution in [-0.4, -0.2) is 34.9 Å². The summed E-state index contributed by atoms with van der Waals surface area (Å²) in [4.78, 5) is 11.7. The minimum atomic E-state index is 0.0652. The fourth-order valence-electron chi connectivity index (χ4n) is 1.98. The number of amides is 1. The maximum absolute atomic E-state index is 11.7. The molecule has 1 aromatic rings. The van der Waals surface area contributed by atoms with E-state index in [4.69, 9.17) is 4.74 Å². The molecule has 1 aliphatic heterocycles. The Kier molecular flexibility index (Phi) is 4.99. The standard InChI is InChI=1S/C12H18IN3O2/c1-9-11(13)8-15-16(9)5-4-12(17)14-7-10-3-2-6-18-10/h8,10H,2-7H2,1H3,(H,14,17). The largest absolute Gasteiger partial charge is 0.376 e. The number of nitrogens with zero attached hydrogens (tertiary/aromatic N) is 2. The summed E-state index contributed by atoms with van der Waals surface area (Å²) in [5.41, 5.74) is 1.11. The highest BCUT2D eigenvalue weighted by Crippen LogP contribution is 2.11. The van der Waals surface area contributed by atoms with Crippen molar-refractivity contribution in [2.75, 3.05) is 13.2 Å². The molecule has 1 atom stereocenters. The van der Waals surface area contributed by atoms with Crippen molar-refractivity contribution in [3.63, 3.8) is 0 Å². The van der Waals surface area contributed by atoms with E-state index in [1.54, 1.807) is 0 Å². The monoisotopic (exact) mass is 363 g/mol. The number of carbonyl (C=O) groups excluding carboxylic acids is 1. The van der Waals surface area contributed by atoms with Gasteiger partial charge in [-0.15, -0.1) is 0 Å². The van der Waals surface area contributed by atoms with Gasteiger partial charge in [-0.1, -0.05) is 0 Å². The summed E-state index contributed by atoms with van der Waals surface area (Å²) < 4.78 is 8.46. The lowest BCUT2D eigenvalue weighted by atomic mass is 10.2. The lowest BCUT2D eigenvalue weighted by molar-refractivity contribution is -0.121. The average molecular weight is 363 g/mol. The van der Waals surface area contributed by atoms with Gasteiger partial charge < -0.3 is 10.1 Å². The molecule has 1 aliphatic rings. The maximum atomic E-state index is 11.7. The third-order valence-corrected chi connectivity index (χ3v) is 4.20. The van der Waals surface area contributed by atoms with Crippen LogP contribution in [0.25, 0.3) is 0 Å². The summed E-state index contributed by atoms with van der Waals surface area (Å²) in [5.74, 6) is 0.0652. The van der Waals surface area contributed by atoms with Crippen molar-refractivity contribution in [3.05, 3.63) is 15.5 Å². The lowest BCUT2D eigenvalue weighted by Crippen LogP contribution is -2.32. The van der Waals surface area contributed by atoms with E-state index in [9.17, 15) is 4.79 Å². The molecule has 1 amide bonds. The van der Waals surface area contributed by atoms with Crippen LogP contribution in [0.2, 0.25) is 0 Å². The number of aromatic nitrogens is 2. The summed E-state index contributed by atoms with van der Waals surface area (Å²) in [6.07, 6.45) is 4.65. The van der Waals surface area contributed by atoms with Crippen molar-refractivity contribution < 1.29 is 9.53 Å². The van der Waals surface area contributed by atoms with Crippen molar-refractivity contribution in [1.82, 2.24) is 15.1 Å². The van der Waals surface area contributed by atoms with Crippen LogP contribution in [0.3, 0.4) is 0 Å². The SMILES string of the molecule is Cc1c(I)cnn1CCC(=O)NCC1CCCO1. The summed E-state index contributed by atoms with van der Waals surface area (Å²) >= 11 is 2.24. The van der Waals surface area contributed by atoms with Crippen LogP contribution >= 0.6 is 22.6 Å².